The van der Waals surface area contributed by atoms with Crippen molar-refractivity contribution in [3.8, 4) is 22.1 Å². The minimum Gasteiger partial charge on any atom is -0.493 e. The van der Waals surface area contributed by atoms with Gasteiger partial charge in [0.15, 0.2) is 11.5 Å². The monoisotopic (exact) mass is 436 g/mol. The lowest BCUT2D eigenvalue weighted by Gasteiger charge is -2.08. The SMILES string of the molecule is COc1ccc(-c2nc(CC(=O)Nc3ccc(SC(F)F)cc3)cs2)cc1OC. The molecule has 9 heteroatoms. The summed E-state index contributed by atoms with van der Waals surface area (Å²) in [6, 6.07) is 11.8. The summed E-state index contributed by atoms with van der Waals surface area (Å²) in [5.74, 6) is -1.47. The lowest BCUT2D eigenvalue weighted by atomic mass is 10.2. The molecule has 1 N–H and O–H groups in total. The number of hydrogen-bond acceptors (Lipinski definition) is 6. The standard InChI is InChI=1S/C20H18F2N2O3S2/c1-26-16-8-3-12(9-17(16)27-2)19-24-14(11-28-19)10-18(25)23-13-4-6-15(7-5-13)29-20(21)22/h3-9,11,20H,10H2,1-2H3,(H,23,25). The third kappa shape index (κ3) is 5.68. The summed E-state index contributed by atoms with van der Waals surface area (Å²) in [6.45, 7) is 0. The van der Waals surface area contributed by atoms with Gasteiger partial charge in [0, 0.05) is 21.5 Å². The van der Waals surface area contributed by atoms with Gasteiger partial charge in [-0.3, -0.25) is 4.79 Å². The van der Waals surface area contributed by atoms with Crippen molar-refractivity contribution in [2.75, 3.05) is 19.5 Å². The molecular formula is C20H18F2N2O3S2. The Morgan fingerprint density at radius 1 is 1.14 bits per heavy atom. The smallest absolute Gasteiger partial charge is 0.288 e. The molecule has 1 aromatic heterocycles. The Bertz CT molecular complexity index is 978. The number of ether oxygens (including phenoxy) is 2. The van der Waals surface area contributed by atoms with Gasteiger partial charge in [-0.1, -0.05) is 11.8 Å². The lowest BCUT2D eigenvalue weighted by molar-refractivity contribution is -0.115. The molecule has 0 fully saturated rings. The first-order chi connectivity index (χ1) is 14.0. The molecule has 0 atom stereocenters. The van der Waals surface area contributed by atoms with Crippen LogP contribution >= 0.6 is 23.1 Å². The van der Waals surface area contributed by atoms with E-state index in [1.54, 1.807) is 44.6 Å². The van der Waals surface area contributed by atoms with Crippen LogP contribution in [0, 0.1) is 0 Å². The van der Waals surface area contributed by atoms with E-state index in [2.05, 4.69) is 10.3 Å². The number of aromatic nitrogens is 1. The third-order valence-electron chi connectivity index (χ3n) is 3.89. The van der Waals surface area contributed by atoms with Gasteiger partial charge in [-0.2, -0.15) is 8.78 Å². The predicted octanol–water partition coefficient (Wildman–Crippen LogP) is 5.32. The van der Waals surface area contributed by atoms with Gasteiger partial charge in [0.1, 0.15) is 5.01 Å². The van der Waals surface area contributed by atoms with Crippen LogP contribution in [-0.2, 0) is 11.2 Å². The number of thioether (sulfide) groups is 1. The molecule has 5 nitrogen and oxygen atoms in total. The average Bonchev–Trinajstić information content (AvgIpc) is 3.16. The summed E-state index contributed by atoms with van der Waals surface area (Å²) in [6.07, 6.45) is 0.108. The molecule has 29 heavy (non-hydrogen) atoms. The number of nitrogens with one attached hydrogen (secondary N) is 1. The summed E-state index contributed by atoms with van der Waals surface area (Å²) >= 11 is 1.89. The van der Waals surface area contributed by atoms with E-state index in [4.69, 9.17) is 9.47 Å². The highest BCUT2D eigenvalue weighted by Gasteiger charge is 2.12. The van der Waals surface area contributed by atoms with Crippen molar-refractivity contribution in [3.05, 3.63) is 53.5 Å². The number of amides is 1. The Hall–Kier alpha value is -2.65. The first kappa shape index (κ1) is 21.1. The molecule has 0 unspecified atom stereocenters. The second-order valence-corrected chi connectivity index (χ2v) is 7.76. The van der Waals surface area contributed by atoms with Crippen molar-refractivity contribution in [3.63, 3.8) is 0 Å². The number of nitrogens with zero attached hydrogens (tertiary/aromatic N) is 1. The largest absolute Gasteiger partial charge is 0.493 e. The molecule has 0 saturated heterocycles. The zero-order valence-corrected chi connectivity index (χ0v) is 17.3. The molecule has 0 aliphatic heterocycles. The number of rotatable bonds is 8. The van der Waals surface area contributed by atoms with Gasteiger partial charge < -0.3 is 14.8 Å². The molecule has 1 amide bonds. The fraction of sp³-hybridized carbons (Fsp3) is 0.200. The van der Waals surface area contributed by atoms with Crippen molar-refractivity contribution in [2.24, 2.45) is 0 Å². The van der Waals surface area contributed by atoms with Gasteiger partial charge in [0.05, 0.1) is 26.3 Å². The summed E-state index contributed by atoms with van der Waals surface area (Å²) in [5.41, 5.74) is 2.05. The Labute approximate surface area is 175 Å². The average molecular weight is 437 g/mol. The predicted molar refractivity (Wildman–Crippen MR) is 111 cm³/mol. The Morgan fingerprint density at radius 3 is 2.52 bits per heavy atom. The maximum atomic E-state index is 12.4. The van der Waals surface area contributed by atoms with Crippen LogP contribution in [0.2, 0.25) is 0 Å². The van der Waals surface area contributed by atoms with Gasteiger partial charge in [0.25, 0.3) is 5.76 Å². The normalized spacial score (nSPS) is 10.8. The van der Waals surface area contributed by atoms with Crippen LogP contribution in [0.1, 0.15) is 5.69 Å². The molecule has 0 saturated carbocycles. The van der Waals surface area contributed by atoms with Crippen molar-refractivity contribution in [2.45, 2.75) is 17.1 Å². The molecule has 152 valence electrons. The molecule has 0 bridgehead atoms. The van der Waals surface area contributed by atoms with Crippen LogP contribution < -0.4 is 14.8 Å². The number of alkyl halides is 2. The molecule has 0 aliphatic rings. The van der Waals surface area contributed by atoms with Crippen molar-refractivity contribution in [1.82, 2.24) is 4.98 Å². The summed E-state index contributed by atoms with van der Waals surface area (Å²) in [5, 5.41) is 5.34. The van der Waals surface area contributed by atoms with E-state index < -0.39 is 5.76 Å². The van der Waals surface area contributed by atoms with Crippen LogP contribution in [-0.4, -0.2) is 30.9 Å². The van der Waals surface area contributed by atoms with Crippen molar-refractivity contribution >= 4 is 34.7 Å². The minimum atomic E-state index is -2.47. The number of methoxy groups -OCH3 is 2. The number of hydrogen-bond donors (Lipinski definition) is 1. The van der Waals surface area contributed by atoms with Crippen LogP contribution in [0.15, 0.2) is 52.7 Å². The van der Waals surface area contributed by atoms with Crippen LogP contribution in [0.4, 0.5) is 14.5 Å². The quantitative estimate of drug-likeness (QED) is 0.484. The molecule has 2 aromatic carbocycles. The third-order valence-corrected chi connectivity index (χ3v) is 5.55. The minimum absolute atomic E-state index is 0.108. The number of carbonyl (C=O) groups excluding carboxylic acids is 1. The zero-order valence-electron chi connectivity index (χ0n) is 15.6. The fourth-order valence-corrected chi connectivity index (χ4v) is 3.90. The number of carbonyl (C=O) groups is 1. The van der Waals surface area contributed by atoms with Crippen LogP contribution in [0.25, 0.3) is 10.6 Å². The van der Waals surface area contributed by atoms with Gasteiger partial charge in [-0.05, 0) is 42.5 Å². The molecule has 3 aromatic rings. The molecular weight excluding hydrogens is 418 g/mol. The number of halogens is 2. The summed E-state index contributed by atoms with van der Waals surface area (Å²) in [4.78, 5) is 17.2. The molecule has 0 radical (unpaired) electrons. The van der Waals surface area contributed by atoms with E-state index >= 15 is 0 Å². The van der Waals surface area contributed by atoms with Gasteiger partial charge >= 0.3 is 0 Å². The second-order valence-electron chi connectivity index (χ2n) is 5.84. The Kier molecular flexibility index (Phi) is 7.05. The highest BCUT2D eigenvalue weighted by atomic mass is 32.2. The summed E-state index contributed by atoms with van der Waals surface area (Å²) < 4.78 is 35.2. The van der Waals surface area contributed by atoms with Crippen LogP contribution in [0.5, 0.6) is 11.5 Å². The van der Waals surface area contributed by atoms with E-state index in [0.29, 0.717) is 39.5 Å². The molecule has 0 spiro atoms. The number of anilines is 1. The van der Waals surface area contributed by atoms with Crippen molar-refractivity contribution < 1.29 is 23.0 Å². The zero-order chi connectivity index (χ0) is 20.8. The van der Waals surface area contributed by atoms with Crippen LogP contribution in [0.3, 0.4) is 0 Å². The maximum Gasteiger partial charge on any atom is 0.288 e. The van der Waals surface area contributed by atoms with Gasteiger partial charge in [-0.15, -0.1) is 11.3 Å². The highest BCUT2D eigenvalue weighted by Crippen LogP contribution is 2.33. The van der Waals surface area contributed by atoms with E-state index in [0.717, 1.165) is 10.6 Å². The Morgan fingerprint density at radius 2 is 1.86 bits per heavy atom. The lowest BCUT2D eigenvalue weighted by Crippen LogP contribution is -2.14. The molecule has 3 rings (SSSR count). The first-order valence-electron chi connectivity index (χ1n) is 8.50. The Balaban J connectivity index is 1.63. The van der Waals surface area contributed by atoms with E-state index in [-0.39, 0.29) is 12.3 Å². The highest BCUT2D eigenvalue weighted by molar-refractivity contribution is 7.99. The van der Waals surface area contributed by atoms with E-state index in [1.807, 2.05) is 17.5 Å². The van der Waals surface area contributed by atoms with E-state index in [1.165, 1.54) is 11.3 Å². The maximum absolute atomic E-state index is 12.4. The summed E-state index contributed by atoms with van der Waals surface area (Å²) in [7, 11) is 3.14. The topological polar surface area (TPSA) is 60.5 Å². The fourth-order valence-electron chi connectivity index (χ4n) is 2.58. The van der Waals surface area contributed by atoms with Gasteiger partial charge in [-0.25, -0.2) is 4.98 Å². The molecule has 0 aliphatic carbocycles. The number of thiazole rings is 1. The molecule has 1 heterocycles. The van der Waals surface area contributed by atoms with Gasteiger partial charge in [0.2, 0.25) is 5.91 Å². The van der Waals surface area contributed by atoms with Crippen molar-refractivity contribution in [1.29, 1.82) is 0 Å². The van der Waals surface area contributed by atoms with E-state index in [9.17, 15) is 13.6 Å². The second kappa shape index (κ2) is 9.71. The first-order valence-corrected chi connectivity index (χ1v) is 10.3. The number of benzene rings is 2.